The first kappa shape index (κ1) is 64.2. The third kappa shape index (κ3) is 45.3. The fourth-order valence-corrected chi connectivity index (χ4v) is 7.89. The van der Waals surface area contributed by atoms with Crippen molar-refractivity contribution in [2.24, 2.45) is 0 Å². The van der Waals surface area contributed by atoms with Gasteiger partial charge in [-0.2, -0.15) is 8.42 Å². The normalized spacial score (nSPS) is 12.4. The predicted molar refractivity (Wildman–Crippen MR) is 237 cm³/mol. The van der Waals surface area contributed by atoms with E-state index in [-0.39, 0.29) is 51.0 Å². The largest absolute Gasteiger partial charge is 2.00 e. The van der Waals surface area contributed by atoms with E-state index in [0.29, 0.717) is 12.8 Å². The van der Waals surface area contributed by atoms with Gasteiger partial charge >= 0.3 is 55.6 Å². The van der Waals surface area contributed by atoms with Crippen molar-refractivity contribution < 1.29 is 64.8 Å². The third-order valence-corrected chi connectivity index (χ3v) is 12.6. The molecule has 0 fully saturated rings. The summed E-state index contributed by atoms with van der Waals surface area (Å²) in [5, 5.41) is 14.8. The molecule has 17 heteroatoms. The van der Waals surface area contributed by atoms with Gasteiger partial charge in [0.2, 0.25) is 0 Å². The van der Waals surface area contributed by atoms with E-state index in [1.54, 1.807) is 0 Å². The SMILES string of the molecule is CCCCCCCCCCCCCCCCCCOC(=O)CC(C(=O)O)S(=O)(=O)O.CCCCCCCCCCCCCCCCCCOC(=O)CC(C(=O)[O-])S(=O)(=O)[O-].[Ca+2]. The number of esters is 2. The van der Waals surface area contributed by atoms with Crippen LogP contribution in [0.4, 0.5) is 0 Å². The van der Waals surface area contributed by atoms with Gasteiger partial charge in [-0.3, -0.25) is 18.9 Å². The molecule has 0 bridgehead atoms. The molecule has 0 aromatic carbocycles. The van der Waals surface area contributed by atoms with Crippen LogP contribution >= 0.6 is 0 Å². The molecule has 0 aromatic rings. The maximum absolute atomic E-state index is 11.5. The van der Waals surface area contributed by atoms with Crippen molar-refractivity contribution in [3.63, 3.8) is 0 Å². The number of carboxylic acids is 2. The fraction of sp³-hybridized carbons (Fsp3) is 0.909. The predicted octanol–water partition coefficient (Wildman–Crippen LogP) is 8.99. The van der Waals surface area contributed by atoms with Crippen molar-refractivity contribution in [3.05, 3.63) is 0 Å². The molecule has 0 rings (SSSR count). The van der Waals surface area contributed by atoms with E-state index in [1.807, 2.05) is 0 Å². The molecule has 2 N–H and O–H groups in total. The minimum absolute atomic E-state index is 0. The zero-order valence-corrected chi connectivity index (χ0v) is 41.8. The number of aliphatic carboxylic acids is 2. The number of carbonyl (C=O) groups is 4. The number of carboxylic acid groups (broad SMARTS) is 2. The van der Waals surface area contributed by atoms with Crippen molar-refractivity contribution in [2.45, 2.75) is 243 Å². The molecule has 2 unspecified atom stereocenters. The standard InChI is InChI=1S/2C22H42O7S.Ca/c2*1-2-3-4-5-6-7-8-9-10-11-12-13-14-15-16-17-18-29-21(23)19-20(22(24)25)30(26,27)28;/h2*20H,2-19H2,1H3,(H,24,25)(H,26,27,28);/q;;+2/p-2. The van der Waals surface area contributed by atoms with Gasteiger partial charge in [-0.25, -0.2) is 8.42 Å². The molecule has 2 atom stereocenters. The van der Waals surface area contributed by atoms with Crippen LogP contribution in [0.1, 0.15) is 232 Å². The van der Waals surface area contributed by atoms with Crippen molar-refractivity contribution in [3.8, 4) is 0 Å². The van der Waals surface area contributed by atoms with Crippen LogP contribution in [-0.4, -0.2) is 116 Å². The zero-order valence-electron chi connectivity index (χ0n) is 37.9. The summed E-state index contributed by atoms with van der Waals surface area (Å²) in [6.07, 6.45) is 37.5. The van der Waals surface area contributed by atoms with Gasteiger partial charge in [-0.15, -0.1) is 0 Å². The van der Waals surface area contributed by atoms with Gasteiger partial charge in [0, 0.05) is 0 Å². The number of hydrogen-bond acceptors (Lipinski definition) is 12. The molecule has 0 aliphatic rings. The van der Waals surface area contributed by atoms with Crippen LogP contribution in [0.15, 0.2) is 0 Å². The van der Waals surface area contributed by atoms with Gasteiger partial charge in [0.1, 0.15) is 10.1 Å². The molecule has 0 aromatic heterocycles. The van der Waals surface area contributed by atoms with Crippen LogP contribution in [0.3, 0.4) is 0 Å². The van der Waals surface area contributed by atoms with E-state index in [4.69, 9.17) is 19.1 Å². The number of ether oxygens (including phenoxy) is 2. The molecular weight excluding hydrogens is 857 g/mol. The minimum Gasteiger partial charge on any atom is -0.747 e. The minimum atomic E-state index is -5.13. The molecule has 0 aliphatic carbocycles. The maximum Gasteiger partial charge on any atom is 2.00 e. The third-order valence-electron chi connectivity index (χ3n) is 10.5. The van der Waals surface area contributed by atoms with Gasteiger partial charge < -0.3 is 29.0 Å². The van der Waals surface area contributed by atoms with Gasteiger partial charge in [0.05, 0.1) is 37.3 Å². The van der Waals surface area contributed by atoms with Crippen molar-refractivity contribution in [1.29, 1.82) is 0 Å². The van der Waals surface area contributed by atoms with Crippen LogP contribution in [0.25, 0.3) is 0 Å². The van der Waals surface area contributed by atoms with Gasteiger partial charge in [0.15, 0.2) is 5.25 Å². The van der Waals surface area contributed by atoms with Crippen molar-refractivity contribution in [2.75, 3.05) is 13.2 Å². The Morgan fingerprint density at radius 3 is 0.885 bits per heavy atom. The summed E-state index contributed by atoms with van der Waals surface area (Å²) >= 11 is 0. The summed E-state index contributed by atoms with van der Waals surface area (Å²) in [4.78, 5) is 44.3. The van der Waals surface area contributed by atoms with Gasteiger partial charge in [-0.1, -0.05) is 206 Å². The second kappa shape index (κ2) is 44.2. The first-order valence-electron chi connectivity index (χ1n) is 23.2. The molecule has 0 amide bonds. The molecule has 0 saturated heterocycles. The molecule has 61 heavy (non-hydrogen) atoms. The Hall–Kier alpha value is -1.04. The van der Waals surface area contributed by atoms with E-state index < -0.39 is 67.5 Å². The average Bonchev–Trinajstić information content (AvgIpc) is 3.17. The molecule has 0 heterocycles. The molecule has 356 valence electrons. The number of carbonyl (C=O) groups excluding carboxylic acids is 3. The second-order valence-electron chi connectivity index (χ2n) is 16.1. The first-order valence-corrected chi connectivity index (χ1v) is 26.2. The van der Waals surface area contributed by atoms with Crippen LogP contribution in [0.2, 0.25) is 0 Å². The quantitative estimate of drug-likeness (QED) is 0.0251. The number of rotatable bonds is 42. The Morgan fingerprint density at radius 1 is 0.459 bits per heavy atom. The summed E-state index contributed by atoms with van der Waals surface area (Å²) < 4.78 is 72.6. The number of hydrogen-bond donors (Lipinski definition) is 2. The molecule has 0 radical (unpaired) electrons. The first-order chi connectivity index (χ1) is 28.6. The summed E-state index contributed by atoms with van der Waals surface area (Å²) in [6.45, 7) is 4.72. The Balaban J connectivity index is -0.00000109. The van der Waals surface area contributed by atoms with E-state index in [2.05, 4.69) is 13.8 Å². The van der Waals surface area contributed by atoms with E-state index in [0.717, 1.165) is 38.5 Å². The van der Waals surface area contributed by atoms with Gasteiger partial charge in [0.25, 0.3) is 10.1 Å². The van der Waals surface area contributed by atoms with E-state index in [9.17, 15) is 45.7 Å². The van der Waals surface area contributed by atoms with Crippen molar-refractivity contribution in [1.82, 2.24) is 0 Å². The fourth-order valence-electron chi connectivity index (χ4n) is 6.72. The van der Waals surface area contributed by atoms with Crippen LogP contribution in [-0.2, 0) is 48.9 Å². The smallest absolute Gasteiger partial charge is 0.747 e. The molecule has 0 spiro atoms. The Kier molecular flexibility index (Phi) is 46.5. The summed E-state index contributed by atoms with van der Waals surface area (Å²) in [5.41, 5.74) is 0. The van der Waals surface area contributed by atoms with E-state index in [1.165, 1.54) is 154 Å². The molecule has 0 saturated carbocycles. The summed E-state index contributed by atoms with van der Waals surface area (Å²) in [7, 11) is -9.96. The Bertz CT molecular complexity index is 1200. The zero-order chi connectivity index (χ0) is 45.3. The van der Waals surface area contributed by atoms with Crippen LogP contribution in [0.5, 0.6) is 0 Å². The van der Waals surface area contributed by atoms with E-state index >= 15 is 0 Å². The average molecular weight is 939 g/mol. The Labute approximate surface area is 399 Å². The molecule has 0 aliphatic heterocycles. The second-order valence-corrected chi connectivity index (χ2v) is 19.3. The van der Waals surface area contributed by atoms with Crippen LogP contribution < -0.4 is 5.11 Å². The van der Waals surface area contributed by atoms with Crippen molar-refractivity contribution >= 4 is 81.9 Å². The topological polar surface area (TPSA) is 242 Å². The molecule has 14 nitrogen and oxygen atoms in total. The summed E-state index contributed by atoms with van der Waals surface area (Å²) in [6, 6.07) is 0. The number of unbranched alkanes of at least 4 members (excludes halogenated alkanes) is 30. The maximum atomic E-state index is 11.5. The van der Waals surface area contributed by atoms with Crippen LogP contribution in [0, 0.1) is 0 Å². The molecular formula is C44H82CaO14S2. The Morgan fingerprint density at radius 2 is 0.689 bits per heavy atom. The monoisotopic (exact) mass is 938 g/mol. The van der Waals surface area contributed by atoms with Gasteiger partial charge in [-0.05, 0) is 12.8 Å². The summed E-state index contributed by atoms with van der Waals surface area (Å²) in [5.74, 6) is -5.79.